The molecule has 33 heavy (non-hydrogen) atoms. The summed E-state index contributed by atoms with van der Waals surface area (Å²) >= 11 is 0. The van der Waals surface area contributed by atoms with E-state index in [1.54, 1.807) is 4.90 Å². The summed E-state index contributed by atoms with van der Waals surface area (Å²) in [6, 6.07) is 17.5. The monoisotopic (exact) mass is 451 g/mol. The van der Waals surface area contributed by atoms with E-state index in [1.807, 2.05) is 42.5 Å². The molecule has 2 atom stereocenters. The molecular formula is C26H33N3O4. The Kier molecular flexibility index (Phi) is 8.87. The van der Waals surface area contributed by atoms with Gasteiger partial charge in [0.1, 0.15) is 0 Å². The number of nitrogens with zero attached hydrogens (tertiary/aromatic N) is 1. The average molecular weight is 452 g/mol. The van der Waals surface area contributed by atoms with Crippen LogP contribution in [0.2, 0.25) is 0 Å². The summed E-state index contributed by atoms with van der Waals surface area (Å²) in [6.07, 6.45) is 3.85. The molecule has 0 saturated carbocycles. The number of benzene rings is 2. The Bertz CT molecular complexity index is 930. The van der Waals surface area contributed by atoms with Gasteiger partial charge < -0.3 is 21.1 Å². The fourth-order valence-corrected chi connectivity index (χ4v) is 4.39. The number of hydrogen-bond acceptors (Lipinski definition) is 4. The third-order valence-electron chi connectivity index (χ3n) is 6.14. The zero-order chi connectivity index (χ0) is 23.6. The summed E-state index contributed by atoms with van der Waals surface area (Å²) in [4.78, 5) is 38.1. The number of nitrogens with one attached hydrogen (secondary N) is 1. The highest BCUT2D eigenvalue weighted by molar-refractivity contribution is 5.85. The standard InChI is InChI=1S/C26H33N3O4/c27-22-13-11-20(12-14-22)8-4-10-24(30)28-18-23-16-21(17-25(31)32)26(33)29(23)15-5-9-19-6-2-1-3-7-19/h1-3,6-7,11-14,21,23H,4-5,8-10,15-18,27H2,(H,28,30)(H,31,32)/t21-,23-/m0/s1. The summed E-state index contributed by atoms with van der Waals surface area (Å²) < 4.78 is 0. The molecule has 1 heterocycles. The van der Waals surface area contributed by atoms with E-state index in [4.69, 9.17) is 10.8 Å². The van der Waals surface area contributed by atoms with E-state index in [2.05, 4.69) is 17.4 Å². The second-order valence-electron chi connectivity index (χ2n) is 8.70. The molecule has 0 radical (unpaired) electrons. The number of anilines is 1. The lowest BCUT2D eigenvalue weighted by atomic mass is 10.0. The number of rotatable bonds is 12. The maximum atomic E-state index is 12.8. The van der Waals surface area contributed by atoms with E-state index in [0.29, 0.717) is 25.9 Å². The Balaban J connectivity index is 1.48. The predicted molar refractivity (Wildman–Crippen MR) is 127 cm³/mol. The first-order valence-electron chi connectivity index (χ1n) is 11.6. The van der Waals surface area contributed by atoms with Gasteiger partial charge in [0, 0.05) is 31.2 Å². The van der Waals surface area contributed by atoms with E-state index >= 15 is 0 Å². The number of aryl methyl sites for hydroxylation is 2. The first-order valence-corrected chi connectivity index (χ1v) is 11.6. The minimum absolute atomic E-state index is 0.0520. The van der Waals surface area contributed by atoms with Gasteiger partial charge in [-0.05, 0) is 55.4 Å². The molecule has 1 aliphatic heterocycles. The Labute approximate surface area is 195 Å². The molecule has 0 aliphatic carbocycles. The average Bonchev–Trinajstić information content (AvgIpc) is 3.08. The molecule has 1 saturated heterocycles. The Morgan fingerprint density at radius 2 is 1.67 bits per heavy atom. The molecule has 2 amide bonds. The molecule has 176 valence electrons. The second kappa shape index (κ2) is 12.0. The quantitative estimate of drug-likeness (QED) is 0.429. The molecule has 0 spiro atoms. The van der Waals surface area contributed by atoms with Crippen molar-refractivity contribution in [2.45, 2.75) is 51.0 Å². The van der Waals surface area contributed by atoms with Gasteiger partial charge in [0.15, 0.2) is 0 Å². The maximum absolute atomic E-state index is 12.8. The third-order valence-corrected chi connectivity index (χ3v) is 6.14. The molecule has 1 aliphatic rings. The topological polar surface area (TPSA) is 113 Å². The minimum Gasteiger partial charge on any atom is -0.481 e. The number of nitrogen functional groups attached to an aromatic ring is 1. The zero-order valence-corrected chi connectivity index (χ0v) is 18.9. The first kappa shape index (κ1) is 24.3. The molecular weight excluding hydrogens is 418 g/mol. The first-order chi connectivity index (χ1) is 15.9. The van der Waals surface area contributed by atoms with Crippen LogP contribution in [0.15, 0.2) is 54.6 Å². The molecule has 4 N–H and O–H groups in total. The lowest BCUT2D eigenvalue weighted by molar-refractivity contribution is -0.142. The highest BCUT2D eigenvalue weighted by atomic mass is 16.4. The molecule has 2 aromatic rings. The van der Waals surface area contributed by atoms with Crippen LogP contribution in [0, 0.1) is 5.92 Å². The van der Waals surface area contributed by atoms with Gasteiger partial charge in [-0.3, -0.25) is 14.4 Å². The molecule has 0 unspecified atom stereocenters. The van der Waals surface area contributed by atoms with Crippen LogP contribution in [0.25, 0.3) is 0 Å². The summed E-state index contributed by atoms with van der Waals surface area (Å²) in [5, 5.41) is 12.1. The summed E-state index contributed by atoms with van der Waals surface area (Å²) in [7, 11) is 0. The molecule has 0 aromatic heterocycles. The fourth-order valence-electron chi connectivity index (χ4n) is 4.39. The van der Waals surface area contributed by atoms with Crippen molar-refractivity contribution in [1.29, 1.82) is 0 Å². The van der Waals surface area contributed by atoms with Crippen LogP contribution in [0.1, 0.15) is 43.2 Å². The summed E-state index contributed by atoms with van der Waals surface area (Å²) in [6.45, 7) is 0.912. The third kappa shape index (κ3) is 7.63. The van der Waals surface area contributed by atoms with E-state index in [-0.39, 0.29) is 24.3 Å². The van der Waals surface area contributed by atoms with Crippen molar-refractivity contribution in [3.05, 3.63) is 65.7 Å². The second-order valence-corrected chi connectivity index (χ2v) is 8.70. The Hall–Kier alpha value is -3.35. The van der Waals surface area contributed by atoms with Gasteiger partial charge >= 0.3 is 5.97 Å². The van der Waals surface area contributed by atoms with Gasteiger partial charge in [-0.25, -0.2) is 0 Å². The maximum Gasteiger partial charge on any atom is 0.304 e. The van der Waals surface area contributed by atoms with Crippen LogP contribution in [-0.4, -0.2) is 46.9 Å². The predicted octanol–water partition coefficient (Wildman–Crippen LogP) is 3.03. The highest BCUT2D eigenvalue weighted by Gasteiger charge is 2.39. The largest absolute Gasteiger partial charge is 0.481 e. The number of nitrogens with two attached hydrogens (primary N) is 1. The van der Waals surface area contributed by atoms with Gasteiger partial charge in [0.25, 0.3) is 0 Å². The number of carbonyl (C=O) groups is 3. The summed E-state index contributed by atoms with van der Waals surface area (Å²) in [5.74, 6) is -1.66. The molecule has 3 rings (SSSR count). The van der Waals surface area contributed by atoms with Crippen LogP contribution < -0.4 is 11.1 Å². The van der Waals surface area contributed by atoms with Crippen molar-refractivity contribution in [2.75, 3.05) is 18.8 Å². The highest BCUT2D eigenvalue weighted by Crippen LogP contribution is 2.27. The van der Waals surface area contributed by atoms with Gasteiger partial charge in [-0.1, -0.05) is 42.5 Å². The molecule has 7 heteroatoms. The zero-order valence-electron chi connectivity index (χ0n) is 18.9. The molecule has 1 fully saturated rings. The molecule has 2 aromatic carbocycles. The SMILES string of the molecule is Nc1ccc(CCCC(=O)NC[C@@H]2C[C@@H](CC(=O)O)C(=O)N2CCCc2ccccc2)cc1. The Morgan fingerprint density at radius 3 is 2.36 bits per heavy atom. The van der Waals surface area contributed by atoms with Crippen molar-refractivity contribution in [1.82, 2.24) is 10.2 Å². The molecule has 0 bridgehead atoms. The van der Waals surface area contributed by atoms with Crippen LogP contribution in [0.3, 0.4) is 0 Å². The minimum atomic E-state index is -0.968. The van der Waals surface area contributed by atoms with E-state index in [0.717, 1.165) is 36.9 Å². The van der Waals surface area contributed by atoms with E-state index in [1.165, 1.54) is 5.56 Å². The molecule has 7 nitrogen and oxygen atoms in total. The van der Waals surface area contributed by atoms with Crippen LogP contribution in [-0.2, 0) is 27.2 Å². The lowest BCUT2D eigenvalue weighted by Gasteiger charge is -2.25. The van der Waals surface area contributed by atoms with Gasteiger partial charge in [0.2, 0.25) is 11.8 Å². The smallest absolute Gasteiger partial charge is 0.304 e. The van der Waals surface area contributed by atoms with Crippen LogP contribution in [0.4, 0.5) is 5.69 Å². The van der Waals surface area contributed by atoms with Gasteiger partial charge in [-0.15, -0.1) is 0 Å². The van der Waals surface area contributed by atoms with Crippen molar-refractivity contribution in [3.8, 4) is 0 Å². The van der Waals surface area contributed by atoms with Gasteiger partial charge in [0.05, 0.1) is 12.3 Å². The van der Waals surface area contributed by atoms with Crippen molar-refractivity contribution >= 4 is 23.5 Å². The number of carbonyl (C=O) groups excluding carboxylic acids is 2. The fraction of sp³-hybridized carbons (Fsp3) is 0.423. The Morgan fingerprint density at radius 1 is 1.00 bits per heavy atom. The summed E-state index contributed by atoms with van der Waals surface area (Å²) in [5.41, 5.74) is 8.76. The number of likely N-dealkylation sites (tertiary alicyclic amines) is 1. The number of hydrogen-bond donors (Lipinski definition) is 3. The lowest BCUT2D eigenvalue weighted by Crippen LogP contribution is -2.42. The van der Waals surface area contributed by atoms with E-state index < -0.39 is 11.9 Å². The van der Waals surface area contributed by atoms with Crippen LogP contribution in [0.5, 0.6) is 0 Å². The number of amides is 2. The van der Waals surface area contributed by atoms with Crippen molar-refractivity contribution in [3.63, 3.8) is 0 Å². The number of carboxylic acid groups (broad SMARTS) is 1. The van der Waals surface area contributed by atoms with Crippen molar-refractivity contribution < 1.29 is 19.5 Å². The van der Waals surface area contributed by atoms with Crippen molar-refractivity contribution in [2.24, 2.45) is 5.92 Å². The van der Waals surface area contributed by atoms with Crippen LogP contribution >= 0.6 is 0 Å². The van der Waals surface area contributed by atoms with E-state index in [9.17, 15) is 14.4 Å². The van der Waals surface area contributed by atoms with Gasteiger partial charge in [-0.2, -0.15) is 0 Å². The number of aliphatic carboxylic acids is 1. The number of carboxylic acids is 1. The normalized spacial score (nSPS) is 17.8.